The van der Waals surface area contributed by atoms with Crippen molar-refractivity contribution >= 4 is 0 Å². The molecule has 2 aliphatic heterocycles. The number of piperidine rings is 1. The van der Waals surface area contributed by atoms with E-state index >= 15 is 0 Å². The molecule has 0 amide bonds. The minimum absolute atomic E-state index is 0.0398. The maximum Gasteiger partial charge on any atom is 0.163 e. The lowest BCUT2D eigenvalue weighted by molar-refractivity contribution is -0.377. The quantitative estimate of drug-likeness (QED) is 0.722. The third kappa shape index (κ3) is 2.66. The van der Waals surface area contributed by atoms with Crippen LogP contribution in [0.2, 0.25) is 0 Å². The van der Waals surface area contributed by atoms with Gasteiger partial charge in [-0.3, -0.25) is 0 Å². The van der Waals surface area contributed by atoms with Crippen molar-refractivity contribution in [3.05, 3.63) is 0 Å². The molecule has 0 aliphatic carbocycles. The zero-order valence-electron chi connectivity index (χ0n) is 8.29. The van der Waals surface area contributed by atoms with Gasteiger partial charge in [-0.1, -0.05) is 0 Å². The fourth-order valence-corrected chi connectivity index (χ4v) is 2.12. The van der Waals surface area contributed by atoms with Gasteiger partial charge in [-0.05, 0) is 51.6 Å². The number of nitrogens with one attached hydrogen (secondary N) is 1. The molecular formula is C10H19NO2. The van der Waals surface area contributed by atoms with E-state index in [1.165, 1.54) is 32.4 Å². The Balaban J connectivity index is 1.56. The van der Waals surface area contributed by atoms with E-state index in [0.717, 1.165) is 12.3 Å². The number of hydrogen-bond acceptors (Lipinski definition) is 3. The molecule has 13 heavy (non-hydrogen) atoms. The molecule has 2 fully saturated rings. The molecule has 0 atom stereocenters. The predicted molar refractivity (Wildman–Crippen MR) is 50.2 cm³/mol. The fourth-order valence-electron chi connectivity index (χ4n) is 2.12. The van der Waals surface area contributed by atoms with Gasteiger partial charge in [-0.25, -0.2) is 0 Å². The van der Waals surface area contributed by atoms with Gasteiger partial charge in [0.15, 0.2) is 12.6 Å². The van der Waals surface area contributed by atoms with Crippen molar-refractivity contribution in [1.82, 2.24) is 5.32 Å². The van der Waals surface area contributed by atoms with Crippen LogP contribution in [0.1, 0.15) is 32.6 Å². The van der Waals surface area contributed by atoms with Gasteiger partial charge in [-0.2, -0.15) is 0 Å². The monoisotopic (exact) mass is 185 g/mol. The van der Waals surface area contributed by atoms with Crippen molar-refractivity contribution in [1.29, 1.82) is 0 Å². The first-order chi connectivity index (χ1) is 6.34. The first kappa shape index (κ1) is 9.44. The third-order valence-corrected chi connectivity index (χ3v) is 2.96. The summed E-state index contributed by atoms with van der Waals surface area (Å²) in [6.07, 6.45) is 5.13. The van der Waals surface area contributed by atoms with Crippen LogP contribution < -0.4 is 5.32 Å². The molecule has 76 valence electrons. The summed E-state index contributed by atoms with van der Waals surface area (Å²) in [5, 5.41) is 3.37. The van der Waals surface area contributed by atoms with E-state index in [-0.39, 0.29) is 12.6 Å². The molecule has 0 bridgehead atoms. The van der Waals surface area contributed by atoms with Gasteiger partial charge in [0.25, 0.3) is 0 Å². The average molecular weight is 185 g/mol. The second kappa shape index (κ2) is 4.40. The first-order valence-corrected chi connectivity index (χ1v) is 5.36. The van der Waals surface area contributed by atoms with E-state index in [1.807, 2.05) is 6.92 Å². The normalized spacial score (nSPS) is 35.8. The summed E-state index contributed by atoms with van der Waals surface area (Å²) >= 11 is 0. The zero-order valence-corrected chi connectivity index (χ0v) is 8.29. The molecule has 0 unspecified atom stereocenters. The van der Waals surface area contributed by atoms with E-state index in [1.54, 1.807) is 0 Å². The molecule has 1 N–H and O–H groups in total. The van der Waals surface area contributed by atoms with Crippen LogP contribution in [0.4, 0.5) is 0 Å². The SMILES string of the molecule is CC1OC(CCC2CCNCC2)O1. The molecule has 3 heteroatoms. The van der Waals surface area contributed by atoms with Gasteiger partial charge in [0, 0.05) is 0 Å². The van der Waals surface area contributed by atoms with Crippen molar-refractivity contribution in [2.24, 2.45) is 5.92 Å². The molecule has 2 saturated heterocycles. The Morgan fingerprint density at radius 3 is 2.46 bits per heavy atom. The van der Waals surface area contributed by atoms with Crippen molar-refractivity contribution in [2.75, 3.05) is 13.1 Å². The highest BCUT2D eigenvalue weighted by atomic mass is 16.9. The molecular weight excluding hydrogens is 166 g/mol. The summed E-state index contributed by atoms with van der Waals surface area (Å²) in [6.45, 7) is 4.32. The van der Waals surface area contributed by atoms with Crippen LogP contribution in [0.3, 0.4) is 0 Å². The summed E-state index contributed by atoms with van der Waals surface area (Å²) < 4.78 is 10.8. The smallest absolute Gasteiger partial charge is 0.163 e. The number of ether oxygens (including phenoxy) is 2. The van der Waals surface area contributed by atoms with Crippen LogP contribution in [0, 0.1) is 5.92 Å². The summed E-state index contributed by atoms with van der Waals surface area (Å²) in [5.74, 6) is 0.893. The van der Waals surface area contributed by atoms with Crippen LogP contribution in [-0.4, -0.2) is 25.7 Å². The summed E-state index contributed by atoms with van der Waals surface area (Å²) in [6, 6.07) is 0. The predicted octanol–water partition coefficient (Wildman–Crippen LogP) is 1.49. The Labute approximate surface area is 79.8 Å². The van der Waals surface area contributed by atoms with E-state index in [9.17, 15) is 0 Å². The van der Waals surface area contributed by atoms with Crippen molar-refractivity contribution in [3.63, 3.8) is 0 Å². The maximum atomic E-state index is 5.39. The highest BCUT2D eigenvalue weighted by Gasteiger charge is 2.27. The second-order valence-electron chi connectivity index (χ2n) is 4.04. The minimum Gasteiger partial charge on any atom is -0.324 e. The molecule has 2 rings (SSSR count). The third-order valence-electron chi connectivity index (χ3n) is 2.96. The lowest BCUT2D eigenvalue weighted by atomic mass is 9.93. The Kier molecular flexibility index (Phi) is 3.19. The molecule has 0 spiro atoms. The molecule has 0 saturated carbocycles. The molecule has 2 aliphatic rings. The largest absolute Gasteiger partial charge is 0.324 e. The van der Waals surface area contributed by atoms with Crippen LogP contribution >= 0.6 is 0 Å². The molecule has 0 aromatic heterocycles. The molecule has 0 radical (unpaired) electrons. The van der Waals surface area contributed by atoms with Gasteiger partial charge < -0.3 is 14.8 Å². The number of rotatable bonds is 3. The summed E-state index contributed by atoms with van der Waals surface area (Å²) in [7, 11) is 0. The van der Waals surface area contributed by atoms with Gasteiger partial charge in [-0.15, -0.1) is 0 Å². The highest BCUT2D eigenvalue weighted by Crippen LogP contribution is 2.25. The van der Waals surface area contributed by atoms with Gasteiger partial charge in [0.2, 0.25) is 0 Å². The van der Waals surface area contributed by atoms with E-state index < -0.39 is 0 Å². The average Bonchev–Trinajstić information content (AvgIpc) is 2.12. The van der Waals surface area contributed by atoms with Crippen molar-refractivity contribution in [2.45, 2.75) is 45.2 Å². The topological polar surface area (TPSA) is 30.5 Å². The molecule has 0 aromatic rings. The fraction of sp³-hybridized carbons (Fsp3) is 1.00. The summed E-state index contributed by atoms with van der Waals surface area (Å²) in [5.41, 5.74) is 0. The Morgan fingerprint density at radius 1 is 1.15 bits per heavy atom. The second-order valence-corrected chi connectivity index (χ2v) is 4.04. The van der Waals surface area contributed by atoms with E-state index in [4.69, 9.17) is 9.47 Å². The Morgan fingerprint density at radius 2 is 1.85 bits per heavy atom. The Hall–Kier alpha value is -0.120. The standard InChI is InChI=1S/C10H19NO2/c1-8-12-10(13-8)3-2-9-4-6-11-7-5-9/h8-11H,2-7H2,1H3. The first-order valence-electron chi connectivity index (χ1n) is 5.36. The van der Waals surface area contributed by atoms with Gasteiger partial charge in [0.05, 0.1) is 0 Å². The highest BCUT2D eigenvalue weighted by molar-refractivity contribution is 4.69. The van der Waals surface area contributed by atoms with Gasteiger partial charge >= 0.3 is 0 Å². The lowest BCUT2D eigenvalue weighted by Crippen LogP contribution is -2.39. The zero-order chi connectivity index (χ0) is 9.10. The van der Waals surface area contributed by atoms with Crippen molar-refractivity contribution < 1.29 is 9.47 Å². The van der Waals surface area contributed by atoms with Crippen LogP contribution in [0.15, 0.2) is 0 Å². The molecule has 3 nitrogen and oxygen atoms in total. The Bertz CT molecular complexity index is 151. The number of hydrogen-bond donors (Lipinski definition) is 1. The lowest BCUT2D eigenvalue weighted by Gasteiger charge is -2.35. The molecule has 0 aromatic carbocycles. The van der Waals surface area contributed by atoms with Crippen LogP contribution in [0.25, 0.3) is 0 Å². The van der Waals surface area contributed by atoms with Crippen LogP contribution in [0.5, 0.6) is 0 Å². The molecule has 2 heterocycles. The minimum atomic E-state index is 0.0398. The maximum absolute atomic E-state index is 5.39. The van der Waals surface area contributed by atoms with Crippen LogP contribution in [-0.2, 0) is 9.47 Å². The van der Waals surface area contributed by atoms with Gasteiger partial charge in [0.1, 0.15) is 0 Å². The summed E-state index contributed by atoms with van der Waals surface area (Å²) in [4.78, 5) is 0. The van der Waals surface area contributed by atoms with E-state index in [2.05, 4.69) is 5.32 Å². The van der Waals surface area contributed by atoms with E-state index in [0.29, 0.717) is 0 Å². The van der Waals surface area contributed by atoms with Crippen molar-refractivity contribution in [3.8, 4) is 0 Å².